The van der Waals surface area contributed by atoms with Gasteiger partial charge in [0.25, 0.3) is 0 Å². The molecule has 140 valence electrons. The van der Waals surface area contributed by atoms with Crippen LogP contribution in [0.15, 0.2) is 72.2 Å². The van der Waals surface area contributed by atoms with Crippen LogP contribution in [-0.2, 0) is 13.1 Å². The second-order valence-corrected chi connectivity index (χ2v) is 6.99. The lowest BCUT2D eigenvalue weighted by molar-refractivity contribution is 0.479. The Bertz CT molecular complexity index is 867. The highest BCUT2D eigenvalue weighted by Gasteiger charge is 2.08. The van der Waals surface area contributed by atoms with Crippen molar-refractivity contribution in [2.45, 2.75) is 13.1 Å². The number of imidazole rings is 1. The quantitative estimate of drug-likeness (QED) is 0.515. The predicted octanol–water partition coefficient (Wildman–Crippen LogP) is 3.58. The third-order valence-electron chi connectivity index (χ3n) is 4.40. The van der Waals surface area contributed by atoms with Crippen molar-refractivity contribution in [3.05, 3.63) is 78.4 Å². The number of rotatable bonds is 5. The Balaban J connectivity index is 1.82. The standard InChI is InChI=1S/C22H27N5/c1-25(2)22(26(3)4)24-15-20-7-5-6-8-21(20)19-11-9-18(10-12-19)16-27-14-13-23-17-27/h5-14,17H,15-16H2,1-4H3. The molecule has 0 N–H and O–H groups in total. The number of hydrogen-bond acceptors (Lipinski definition) is 2. The summed E-state index contributed by atoms with van der Waals surface area (Å²) in [5.74, 6) is 0.959. The summed E-state index contributed by atoms with van der Waals surface area (Å²) in [4.78, 5) is 13.0. The van der Waals surface area contributed by atoms with Gasteiger partial charge in [0.1, 0.15) is 0 Å². The zero-order valence-electron chi connectivity index (χ0n) is 16.5. The molecule has 0 amide bonds. The van der Waals surface area contributed by atoms with Gasteiger partial charge in [0.2, 0.25) is 0 Å². The molecule has 0 atom stereocenters. The molecule has 5 heteroatoms. The van der Waals surface area contributed by atoms with Crippen molar-refractivity contribution in [1.29, 1.82) is 0 Å². The van der Waals surface area contributed by atoms with Gasteiger partial charge in [-0.15, -0.1) is 0 Å². The number of hydrogen-bond donors (Lipinski definition) is 0. The summed E-state index contributed by atoms with van der Waals surface area (Å²) >= 11 is 0. The average molecular weight is 361 g/mol. The van der Waals surface area contributed by atoms with E-state index in [-0.39, 0.29) is 0 Å². The molecule has 0 unspecified atom stereocenters. The third kappa shape index (κ3) is 4.76. The Morgan fingerprint density at radius 2 is 1.67 bits per heavy atom. The van der Waals surface area contributed by atoms with Crippen molar-refractivity contribution >= 4 is 5.96 Å². The molecule has 0 aliphatic rings. The second kappa shape index (κ2) is 8.54. The van der Waals surface area contributed by atoms with Crippen molar-refractivity contribution < 1.29 is 0 Å². The molecule has 5 nitrogen and oxygen atoms in total. The van der Waals surface area contributed by atoms with E-state index in [0.29, 0.717) is 6.54 Å². The van der Waals surface area contributed by atoms with E-state index >= 15 is 0 Å². The van der Waals surface area contributed by atoms with Crippen LogP contribution in [0.1, 0.15) is 11.1 Å². The van der Waals surface area contributed by atoms with Gasteiger partial charge in [-0.3, -0.25) is 0 Å². The summed E-state index contributed by atoms with van der Waals surface area (Å²) < 4.78 is 2.07. The number of aromatic nitrogens is 2. The van der Waals surface area contributed by atoms with Gasteiger partial charge in [0.05, 0.1) is 12.9 Å². The normalized spacial score (nSPS) is 10.5. The molecule has 0 saturated carbocycles. The van der Waals surface area contributed by atoms with Crippen LogP contribution < -0.4 is 0 Å². The van der Waals surface area contributed by atoms with Crippen LogP contribution in [0.2, 0.25) is 0 Å². The molecular weight excluding hydrogens is 334 g/mol. The van der Waals surface area contributed by atoms with Crippen molar-refractivity contribution in [2.24, 2.45) is 4.99 Å². The van der Waals surface area contributed by atoms with Gasteiger partial charge in [-0.2, -0.15) is 0 Å². The minimum atomic E-state index is 0.651. The number of nitrogens with zero attached hydrogens (tertiary/aromatic N) is 5. The first kappa shape index (κ1) is 18.7. The zero-order chi connectivity index (χ0) is 19.2. The summed E-state index contributed by atoms with van der Waals surface area (Å²) in [6.07, 6.45) is 5.63. The lowest BCUT2D eigenvalue weighted by Crippen LogP contribution is -2.35. The van der Waals surface area contributed by atoms with Crippen molar-refractivity contribution in [1.82, 2.24) is 19.4 Å². The van der Waals surface area contributed by atoms with E-state index in [1.807, 2.05) is 50.5 Å². The topological polar surface area (TPSA) is 36.7 Å². The fourth-order valence-electron chi connectivity index (χ4n) is 3.16. The number of guanidine groups is 1. The van der Waals surface area contributed by atoms with Gasteiger partial charge >= 0.3 is 0 Å². The van der Waals surface area contributed by atoms with Gasteiger partial charge in [-0.25, -0.2) is 9.98 Å². The van der Waals surface area contributed by atoms with Crippen molar-refractivity contribution in [2.75, 3.05) is 28.2 Å². The van der Waals surface area contributed by atoms with Crippen LogP contribution in [0.5, 0.6) is 0 Å². The molecule has 0 spiro atoms. The summed E-state index contributed by atoms with van der Waals surface area (Å²) in [5.41, 5.74) is 4.93. The molecule has 27 heavy (non-hydrogen) atoms. The lowest BCUT2D eigenvalue weighted by Gasteiger charge is -2.22. The SMILES string of the molecule is CN(C)C(=NCc1ccccc1-c1ccc(Cn2ccnc2)cc1)N(C)C. The van der Waals surface area contributed by atoms with E-state index in [1.165, 1.54) is 22.3 Å². The summed E-state index contributed by atoms with van der Waals surface area (Å²) in [7, 11) is 8.07. The van der Waals surface area contributed by atoms with Crippen molar-refractivity contribution in [3.63, 3.8) is 0 Å². The fraction of sp³-hybridized carbons (Fsp3) is 0.273. The molecule has 0 aliphatic heterocycles. The van der Waals surface area contributed by atoms with Crippen LogP contribution in [0.4, 0.5) is 0 Å². The molecule has 0 bridgehead atoms. The molecule has 0 fully saturated rings. The first-order chi connectivity index (χ1) is 13.0. The first-order valence-electron chi connectivity index (χ1n) is 9.06. The van der Waals surface area contributed by atoms with E-state index in [0.717, 1.165) is 12.5 Å². The largest absolute Gasteiger partial charge is 0.349 e. The Kier molecular flexibility index (Phi) is 5.91. The van der Waals surface area contributed by atoms with Gasteiger partial charge in [-0.1, -0.05) is 48.5 Å². The van der Waals surface area contributed by atoms with E-state index in [1.54, 1.807) is 6.20 Å². The van der Waals surface area contributed by atoms with Crippen LogP contribution in [0.3, 0.4) is 0 Å². The van der Waals surface area contributed by atoms with Gasteiger partial charge in [0, 0.05) is 47.1 Å². The van der Waals surface area contributed by atoms with E-state index in [2.05, 4.69) is 58.1 Å². The first-order valence-corrected chi connectivity index (χ1v) is 9.06. The predicted molar refractivity (Wildman–Crippen MR) is 112 cm³/mol. The highest BCUT2D eigenvalue weighted by molar-refractivity contribution is 5.79. The molecular formula is C22H27N5. The Labute approximate surface area is 161 Å². The molecule has 0 radical (unpaired) electrons. The average Bonchev–Trinajstić information content (AvgIpc) is 3.15. The van der Waals surface area contributed by atoms with Crippen LogP contribution in [-0.4, -0.2) is 53.5 Å². The third-order valence-corrected chi connectivity index (χ3v) is 4.40. The second-order valence-electron chi connectivity index (χ2n) is 6.99. The molecule has 3 aromatic rings. The maximum absolute atomic E-state index is 4.80. The molecule has 3 rings (SSSR count). The molecule has 0 aliphatic carbocycles. The van der Waals surface area contributed by atoms with Crippen LogP contribution in [0.25, 0.3) is 11.1 Å². The molecule has 1 aromatic heterocycles. The maximum atomic E-state index is 4.80. The Hall–Kier alpha value is -3.08. The highest BCUT2D eigenvalue weighted by Crippen LogP contribution is 2.25. The maximum Gasteiger partial charge on any atom is 0.195 e. The van der Waals surface area contributed by atoms with E-state index in [9.17, 15) is 0 Å². The van der Waals surface area contributed by atoms with Crippen LogP contribution >= 0.6 is 0 Å². The van der Waals surface area contributed by atoms with E-state index < -0.39 is 0 Å². The van der Waals surface area contributed by atoms with Crippen molar-refractivity contribution in [3.8, 4) is 11.1 Å². The minimum Gasteiger partial charge on any atom is -0.349 e. The summed E-state index contributed by atoms with van der Waals surface area (Å²) in [6, 6.07) is 17.2. The molecule has 0 saturated heterocycles. The number of benzene rings is 2. The van der Waals surface area contributed by atoms with Crippen LogP contribution in [0, 0.1) is 0 Å². The van der Waals surface area contributed by atoms with E-state index in [4.69, 9.17) is 4.99 Å². The zero-order valence-corrected chi connectivity index (χ0v) is 16.5. The lowest BCUT2D eigenvalue weighted by atomic mass is 9.98. The van der Waals surface area contributed by atoms with Gasteiger partial charge in [0.15, 0.2) is 5.96 Å². The molecule has 1 heterocycles. The minimum absolute atomic E-state index is 0.651. The molecule has 2 aromatic carbocycles. The van der Waals surface area contributed by atoms with Gasteiger partial charge in [-0.05, 0) is 22.3 Å². The highest BCUT2D eigenvalue weighted by atomic mass is 15.3. The smallest absolute Gasteiger partial charge is 0.195 e. The summed E-state index contributed by atoms with van der Waals surface area (Å²) in [6.45, 7) is 1.49. The summed E-state index contributed by atoms with van der Waals surface area (Å²) in [5, 5.41) is 0. The Morgan fingerprint density at radius 3 is 2.30 bits per heavy atom. The number of aliphatic imine (C=N–C) groups is 1. The van der Waals surface area contributed by atoms with Gasteiger partial charge < -0.3 is 14.4 Å². The fourth-order valence-corrected chi connectivity index (χ4v) is 3.16. The Morgan fingerprint density at radius 1 is 0.963 bits per heavy atom. The monoisotopic (exact) mass is 361 g/mol.